The lowest BCUT2D eigenvalue weighted by atomic mass is 9.70. The molecule has 0 radical (unpaired) electrons. The average Bonchev–Trinajstić information content (AvgIpc) is 3.36. The number of hydrogen-bond donors (Lipinski definition) is 2. The van der Waals surface area contributed by atoms with Gasteiger partial charge in [0.2, 0.25) is 0 Å². The highest BCUT2D eigenvalue weighted by Crippen LogP contribution is 2.50. The molecular weight excluding hydrogens is 487 g/mol. The number of alkyl halides is 3. The Labute approximate surface area is 226 Å². The number of rotatable bonds is 5. The van der Waals surface area contributed by atoms with E-state index in [1.54, 1.807) is 0 Å². The molecule has 0 aliphatic heterocycles. The van der Waals surface area contributed by atoms with Crippen LogP contribution in [0.15, 0.2) is 30.8 Å². The molecule has 1 aromatic heterocycles. The Morgan fingerprint density at radius 1 is 1.11 bits per heavy atom. The standard InChI is InChI=1S/C27H32F3NO2.C5H12/c1-15(2)24-23(25(33)17-9-11-18(12-10-17)27(28,29)30)21(16-7-5-6-8-16)22-19(31-24)13-26(3,4)14-20(22)32;1-4-5(2)3/h9-12,16,20,25,32-33H,1,5-8,13-14H2,2-4H3;5H,4H2,1-3H3. The van der Waals surface area contributed by atoms with E-state index in [4.69, 9.17) is 4.98 Å². The molecule has 1 heterocycles. The number of pyridine rings is 1. The first-order valence-electron chi connectivity index (χ1n) is 13.9. The number of halogens is 3. The average molecular weight is 532 g/mol. The van der Waals surface area contributed by atoms with Crippen LogP contribution in [0.2, 0.25) is 0 Å². The first-order valence-corrected chi connectivity index (χ1v) is 13.9. The number of nitrogens with zero attached hydrogens (tertiary/aromatic N) is 1. The molecule has 0 amide bonds. The molecule has 4 rings (SSSR count). The minimum Gasteiger partial charge on any atom is -0.388 e. The summed E-state index contributed by atoms with van der Waals surface area (Å²) in [4.78, 5) is 4.89. The molecule has 1 saturated carbocycles. The van der Waals surface area contributed by atoms with Crippen LogP contribution in [0.1, 0.15) is 137 Å². The largest absolute Gasteiger partial charge is 0.416 e. The summed E-state index contributed by atoms with van der Waals surface area (Å²) in [5.74, 6) is 1.06. The molecule has 1 fully saturated rings. The van der Waals surface area contributed by atoms with Gasteiger partial charge in [-0.2, -0.15) is 13.2 Å². The van der Waals surface area contributed by atoms with Gasteiger partial charge in [-0.25, -0.2) is 0 Å². The molecule has 1 aromatic carbocycles. The highest BCUT2D eigenvalue weighted by molar-refractivity contribution is 5.66. The lowest BCUT2D eigenvalue weighted by Crippen LogP contribution is -2.30. The van der Waals surface area contributed by atoms with E-state index >= 15 is 0 Å². The fraction of sp³-hybridized carbons (Fsp3) is 0.594. The highest BCUT2D eigenvalue weighted by Gasteiger charge is 2.39. The van der Waals surface area contributed by atoms with Crippen LogP contribution in [-0.4, -0.2) is 15.2 Å². The number of allylic oxidation sites excluding steroid dienone is 1. The van der Waals surface area contributed by atoms with Crippen molar-refractivity contribution in [1.82, 2.24) is 4.98 Å². The summed E-state index contributed by atoms with van der Waals surface area (Å²) in [6.45, 7) is 16.8. The van der Waals surface area contributed by atoms with Gasteiger partial charge in [0, 0.05) is 16.8 Å². The predicted octanol–water partition coefficient (Wildman–Crippen LogP) is 8.93. The minimum absolute atomic E-state index is 0.105. The smallest absolute Gasteiger partial charge is 0.388 e. The van der Waals surface area contributed by atoms with Gasteiger partial charge < -0.3 is 10.2 Å². The van der Waals surface area contributed by atoms with Gasteiger partial charge in [-0.1, -0.05) is 72.6 Å². The Morgan fingerprint density at radius 2 is 1.66 bits per heavy atom. The maximum Gasteiger partial charge on any atom is 0.416 e. The summed E-state index contributed by atoms with van der Waals surface area (Å²) < 4.78 is 39.2. The molecule has 0 saturated heterocycles. The summed E-state index contributed by atoms with van der Waals surface area (Å²) in [5.41, 5.74) is 3.98. The second-order valence-electron chi connectivity index (χ2n) is 12.3. The molecule has 38 heavy (non-hydrogen) atoms. The lowest BCUT2D eigenvalue weighted by molar-refractivity contribution is -0.137. The number of fused-ring (bicyclic) bond motifs is 1. The molecule has 2 atom stereocenters. The van der Waals surface area contributed by atoms with E-state index in [2.05, 4.69) is 41.2 Å². The first kappa shape index (κ1) is 30.4. The number of hydrogen-bond acceptors (Lipinski definition) is 3. The van der Waals surface area contributed by atoms with Crippen LogP contribution >= 0.6 is 0 Å². The van der Waals surface area contributed by atoms with E-state index in [0.29, 0.717) is 28.8 Å². The highest BCUT2D eigenvalue weighted by atomic mass is 19.4. The third kappa shape index (κ3) is 6.87. The Balaban J connectivity index is 0.000000732. The SMILES string of the molecule is C=C(C)c1nc2c(c(C3CCCC3)c1C(O)c1ccc(C(F)(F)F)cc1)C(O)CC(C)(C)C2.CCC(C)C. The zero-order chi connectivity index (χ0) is 28.4. The third-order valence-electron chi connectivity index (χ3n) is 7.93. The Bertz CT molecular complexity index is 1110. The van der Waals surface area contributed by atoms with Gasteiger partial charge in [0.05, 0.1) is 17.4 Å². The molecule has 3 nitrogen and oxygen atoms in total. The van der Waals surface area contributed by atoms with Gasteiger partial charge in [0.25, 0.3) is 0 Å². The summed E-state index contributed by atoms with van der Waals surface area (Å²) in [5, 5.41) is 22.7. The van der Waals surface area contributed by atoms with Crippen LogP contribution in [0.3, 0.4) is 0 Å². The number of aliphatic hydroxyl groups excluding tert-OH is 2. The van der Waals surface area contributed by atoms with E-state index in [0.717, 1.165) is 67.0 Å². The molecule has 0 bridgehead atoms. The van der Waals surface area contributed by atoms with Gasteiger partial charge in [0.1, 0.15) is 6.10 Å². The van der Waals surface area contributed by atoms with E-state index < -0.39 is 23.9 Å². The quantitative estimate of drug-likeness (QED) is 0.405. The van der Waals surface area contributed by atoms with Crippen molar-refractivity contribution in [3.05, 3.63) is 70.0 Å². The summed E-state index contributed by atoms with van der Waals surface area (Å²) in [6.07, 6.45) is 0.386. The van der Waals surface area contributed by atoms with Crippen LogP contribution in [-0.2, 0) is 12.6 Å². The second-order valence-corrected chi connectivity index (χ2v) is 12.3. The maximum atomic E-state index is 13.1. The van der Waals surface area contributed by atoms with Crippen molar-refractivity contribution in [1.29, 1.82) is 0 Å². The fourth-order valence-electron chi connectivity index (χ4n) is 5.62. The van der Waals surface area contributed by atoms with Crippen molar-refractivity contribution in [3.8, 4) is 0 Å². The fourth-order valence-corrected chi connectivity index (χ4v) is 5.62. The van der Waals surface area contributed by atoms with Crippen molar-refractivity contribution in [2.45, 2.75) is 111 Å². The lowest BCUT2D eigenvalue weighted by Gasteiger charge is -2.38. The molecule has 0 spiro atoms. The van der Waals surface area contributed by atoms with Gasteiger partial charge in [-0.15, -0.1) is 0 Å². The van der Waals surface area contributed by atoms with Gasteiger partial charge in [0.15, 0.2) is 0 Å². The number of benzene rings is 1. The van der Waals surface area contributed by atoms with E-state index in [-0.39, 0.29) is 11.3 Å². The Morgan fingerprint density at radius 3 is 2.13 bits per heavy atom. The zero-order valence-corrected chi connectivity index (χ0v) is 23.8. The summed E-state index contributed by atoms with van der Waals surface area (Å²) >= 11 is 0. The molecule has 2 N–H and O–H groups in total. The van der Waals surface area contributed by atoms with Crippen molar-refractivity contribution >= 4 is 5.57 Å². The molecule has 2 unspecified atom stereocenters. The number of aliphatic hydroxyl groups is 2. The van der Waals surface area contributed by atoms with Gasteiger partial charge >= 0.3 is 6.18 Å². The second kappa shape index (κ2) is 11.9. The number of aromatic nitrogens is 1. The zero-order valence-electron chi connectivity index (χ0n) is 23.8. The minimum atomic E-state index is -4.44. The summed E-state index contributed by atoms with van der Waals surface area (Å²) in [6, 6.07) is 4.65. The monoisotopic (exact) mass is 531 g/mol. The molecule has 2 aromatic rings. The topological polar surface area (TPSA) is 53.4 Å². The van der Waals surface area contributed by atoms with Crippen molar-refractivity contribution in [2.24, 2.45) is 11.3 Å². The molecular formula is C32H44F3NO2. The van der Waals surface area contributed by atoms with Crippen LogP contribution in [0, 0.1) is 11.3 Å². The van der Waals surface area contributed by atoms with E-state index in [9.17, 15) is 23.4 Å². The third-order valence-corrected chi connectivity index (χ3v) is 7.93. The molecule has 2 aliphatic rings. The Kier molecular flexibility index (Phi) is 9.52. The summed E-state index contributed by atoms with van der Waals surface area (Å²) in [7, 11) is 0. The Hall–Kier alpha value is -2.18. The molecule has 2 aliphatic carbocycles. The van der Waals surface area contributed by atoms with Crippen molar-refractivity contribution in [2.75, 3.05) is 0 Å². The maximum absolute atomic E-state index is 13.1. The predicted molar refractivity (Wildman–Crippen MR) is 148 cm³/mol. The molecule has 210 valence electrons. The van der Waals surface area contributed by atoms with Gasteiger partial charge in [-0.05, 0) is 78.7 Å². The van der Waals surface area contributed by atoms with Crippen molar-refractivity contribution < 1.29 is 23.4 Å². The van der Waals surface area contributed by atoms with E-state index in [1.807, 2.05) is 6.92 Å². The van der Waals surface area contributed by atoms with Crippen LogP contribution in [0.25, 0.3) is 5.57 Å². The van der Waals surface area contributed by atoms with Crippen molar-refractivity contribution in [3.63, 3.8) is 0 Å². The molecule has 6 heteroatoms. The first-order chi connectivity index (χ1) is 17.7. The van der Waals surface area contributed by atoms with Crippen LogP contribution < -0.4 is 0 Å². The van der Waals surface area contributed by atoms with Gasteiger partial charge in [-0.3, -0.25) is 4.98 Å². The van der Waals surface area contributed by atoms with E-state index in [1.165, 1.54) is 18.6 Å². The van der Waals surface area contributed by atoms with Crippen LogP contribution in [0.4, 0.5) is 13.2 Å². The van der Waals surface area contributed by atoms with Crippen LogP contribution in [0.5, 0.6) is 0 Å². The normalized spacial score (nSPS) is 20.1.